The summed E-state index contributed by atoms with van der Waals surface area (Å²) in [5, 5.41) is 3.09. The van der Waals surface area contributed by atoms with Crippen molar-refractivity contribution in [1.82, 2.24) is 4.98 Å². The lowest BCUT2D eigenvalue weighted by Crippen LogP contribution is -1.91. The van der Waals surface area contributed by atoms with Crippen molar-refractivity contribution in [1.29, 1.82) is 0 Å². The van der Waals surface area contributed by atoms with Crippen LogP contribution in [0.4, 0.5) is 0 Å². The van der Waals surface area contributed by atoms with Crippen LogP contribution in [0.1, 0.15) is 0 Å². The molecule has 2 aromatic heterocycles. The Kier molecular flexibility index (Phi) is 1.97. The van der Waals surface area contributed by atoms with E-state index in [4.69, 9.17) is 0 Å². The SMILES string of the molecule is O=c1[nH]c(-c2cc3ccccc3s2)cs1. The maximum absolute atomic E-state index is 11.0. The van der Waals surface area contributed by atoms with Gasteiger partial charge in [-0.1, -0.05) is 29.5 Å². The number of nitrogens with one attached hydrogen (secondary N) is 1. The Morgan fingerprint density at radius 3 is 2.80 bits per heavy atom. The average Bonchev–Trinajstić information content (AvgIpc) is 2.82. The molecule has 0 atom stereocenters. The fraction of sp³-hybridized carbons (Fsp3) is 0. The highest BCUT2D eigenvalue weighted by molar-refractivity contribution is 7.22. The van der Waals surface area contributed by atoms with Crippen LogP contribution in [0, 0.1) is 0 Å². The standard InChI is InChI=1S/C11H7NOS2/c13-11-12-8(6-14-11)10-5-7-3-1-2-4-9(7)15-10/h1-6H,(H,12,13). The summed E-state index contributed by atoms with van der Waals surface area (Å²) in [6, 6.07) is 10.3. The van der Waals surface area contributed by atoms with Gasteiger partial charge < -0.3 is 4.98 Å². The Morgan fingerprint density at radius 1 is 1.20 bits per heavy atom. The molecule has 0 bridgehead atoms. The van der Waals surface area contributed by atoms with E-state index in [1.54, 1.807) is 11.3 Å². The van der Waals surface area contributed by atoms with E-state index >= 15 is 0 Å². The average molecular weight is 233 g/mol. The number of rotatable bonds is 1. The summed E-state index contributed by atoms with van der Waals surface area (Å²) < 4.78 is 1.25. The molecule has 0 aliphatic heterocycles. The summed E-state index contributed by atoms with van der Waals surface area (Å²) in [4.78, 5) is 15.0. The van der Waals surface area contributed by atoms with Gasteiger partial charge in [-0.2, -0.15) is 0 Å². The lowest BCUT2D eigenvalue weighted by atomic mass is 10.2. The summed E-state index contributed by atoms with van der Waals surface area (Å²) in [5.74, 6) is 0. The van der Waals surface area contributed by atoms with Gasteiger partial charge in [0.1, 0.15) is 0 Å². The summed E-state index contributed by atoms with van der Waals surface area (Å²) >= 11 is 2.90. The quantitative estimate of drug-likeness (QED) is 0.687. The van der Waals surface area contributed by atoms with Gasteiger partial charge in [0.15, 0.2) is 0 Å². The second-order valence-electron chi connectivity index (χ2n) is 3.21. The molecule has 15 heavy (non-hydrogen) atoms. The summed E-state index contributed by atoms with van der Waals surface area (Å²) in [5.41, 5.74) is 0.922. The first-order valence-corrected chi connectivity index (χ1v) is 6.19. The zero-order valence-electron chi connectivity index (χ0n) is 7.69. The van der Waals surface area contributed by atoms with E-state index < -0.39 is 0 Å². The molecule has 0 radical (unpaired) electrons. The zero-order valence-corrected chi connectivity index (χ0v) is 9.32. The van der Waals surface area contributed by atoms with Gasteiger partial charge in [-0.05, 0) is 17.5 Å². The molecule has 4 heteroatoms. The predicted molar refractivity (Wildman–Crippen MR) is 65.8 cm³/mol. The molecule has 0 saturated heterocycles. The molecule has 3 rings (SSSR count). The first kappa shape index (κ1) is 8.88. The number of hydrogen-bond acceptors (Lipinski definition) is 3. The minimum atomic E-state index is 0.00227. The topological polar surface area (TPSA) is 32.9 Å². The fourth-order valence-corrected chi connectivity index (χ4v) is 3.20. The molecular weight excluding hydrogens is 226 g/mol. The van der Waals surface area contributed by atoms with Gasteiger partial charge in [0.2, 0.25) is 0 Å². The molecule has 0 unspecified atom stereocenters. The van der Waals surface area contributed by atoms with Crippen LogP contribution in [0.3, 0.4) is 0 Å². The fourth-order valence-electron chi connectivity index (χ4n) is 1.52. The third-order valence-corrected chi connectivity index (χ3v) is 4.03. The maximum Gasteiger partial charge on any atom is 0.304 e. The van der Waals surface area contributed by atoms with Gasteiger partial charge in [-0.3, -0.25) is 4.79 Å². The molecule has 2 heterocycles. The molecule has 0 aliphatic carbocycles. The number of aromatic nitrogens is 1. The molecule has 0 spiro atoms. The number of hydrogen-bond donors (Lipinski definition) is 1. The first-order valence-electron chi connectivity index (χ1n) is 4.50. The second kappa shape index (κ2) is 3.32. The largest absolute Gasteiger partial charge is 0.312 e. The lowest BCUT2D eigenvalue weighted by Gasteiger charge is -1.86. The monoisotopic (exact) mass is 233 g/mol. The molecule has 1 aromatic carbocycles. The Balaban J connectivity index is 2.24. The minimum Gasteiger partial charge on any atom is -0.312 e. The molecular formula is C11H7NOS2. The highest BCUT2D eigenvalue weighted by atomic mass is 32.1. The van der Waals surface area contributed by atoms with E-state index in [0.717, 1.165) is 10.6 Å². The molecule has 0 saturated carbocycles. The van der Waals surface area contributed by atoms with Gasteiger partial charge in [0.05, 0.1) is 10.6 Å². The summed E-state index contributed by atoms with van der Waals surface area (Å²) in [6.07, 6.45) is 0. The summed E-state index contributed by atoms with van der Waals surface area (Å²) in [6.45, 7) is 0. The number of thiazole rings is 1. The van der Waals surface area contributed by atoms with Crippen LogP contribution in [-0.4, -0.2) is 4.98 Å². The van der Waals surface area contributed by atoms with Crippen LogP contribution in [0.15, 0.2) is 40.5 Å². The van der Waals surface area contributed by atoms with Gasteiger partial charge >= 0.3 is 4.87 Å². The van der Waals surface area contributed by atoms with Crippen LogP contribution in [-0.2, 0) is 0 Å². The van der Waals surface area contributed by atoms with E-state index in [1.165, 1.54) is 21.4 Å². The third-order valence-electron chi connectivity index (χ3n) is 2.21. The number of aromatic amines is 1. The van der Waals surface area contributed by atoms with Crippen molar-refractivity contribution in [2.75, 3.05) is 0 Å². The molecule has 3 aromatic rings. The molecule has 74 valence electrons. The lowest BCUT2D eigenvalue weighted by molar-refractivity contribution is 1.35. The number of benzene rings is 1. The van der Waals surface area contributed by atoms with E-state index in [9.17, 15) is 4.79 Å². The van der Waals surface area contributed by atoms with Crippen molar-refractivity contribution in [2.24, 2.45) is 0 Å². The normalized spacial score (nSPS) is 10.9. The molecule has 0 fully saturated rings. The highest BCUT2D eigenvalue weighted by Gasteiger charge is 2.05. The van der Waals surface area contributed by atoms with Crippen LogP contribution in [0.2, 0.25) is 0 Å². The second-order valence-corrected chi connectivity index (χ2v) is 5.14. The number of fused-ring (bicyclic) bond motifs is 1. The van der Waals surface area contributed by atoms with Crippen LogP contribution < -0.4 is 4.87 Å². The van der Waals surface area contributed by atoms with Gasteiger partial charge in [0.25, 0.3) is 0 Å². The highest BCUT2D eigenvalue weighted by Crippen LogP contribution is 2.32. The van der Waals surface area contributed by atoms with Gasteiger partial charge in [-0.15, -0.1) is 11.3 Å². The Hall–Kier alpha value is -1.39. The smallest absolute Gasteiger partial charge is 0.304 e. The predicted octanol–water partition coefficient (Wildman–Crippen LogP) is 3.32. The van der Waals surface area contributed by atoms with E-state index in [2.05, 4.69) is 23.2 Å². The van der Waals surface area contributed by atoms with Crippen molar-refractivity contribution >= 4 is 32.8 Å². The van der Waals surface area contributed by atoms with Crippen molar-refractivity contribution < 1.29 is 0 Å². The molecule has 2 nitrogen and oxygen atoms in total. The van der Waals surface area contributed by atoms with Crippen LogP contribution in [0.25, 0.3) is 20.7 Å². The van der Waals surface area contributed by atoms with Crippen molar-refractivity contribution in [3.63, 3.8) is 0 Å². The van der Waals surface area contributed by atoms with E-state index in [0.29, 0.717) is 0 Å². The first-order chi connectivity index (χ1) is 7.33. The van der Waals surface area contributed by atoms with Gasteiger partial charge in [0, 0.05) is 10.1 Å². The van der Waals surface area contributed by atoms with E-state index in [-0.39, 0.29) is 4.87 Å². The Labute approximate surface area is 93.8 Å². The summed E-state index contributed by atoms with van der Waals surface area (Å²) in [7, 11) is 0. The minimum absolute atomic E-state index is 0.00227. The molecule has 1 N–H and O–H groups in total. The third kappa shape index (κ3) is 1.52. The van der Waals surface area contributed by atoms with Crippen LogP contribution >= 0.6 is 22.7 Å². The van der Waals surface area contributed by atoms with Crippen molar-refractivity contribution in [2.45, 2.75) is 0 Å². The van der Waals surface area contributed by atoms with Crippen molar-refractivity contribution in [3.8, 4) is 10.6 Å². The Morgan fingerprint density at radius 2 is 2.07 bits per heavy atom. The zero-order chi connectivity index (χ0) is 10.3. The maximum atomic E-state index is 11.0. The molecule has 0 amide bonds. The van der Waals surface area contributed by atoms with Crippen LogP contribution in [0.5, 0.6) is 0 Å². The molecule has 0 aliphatic rings. The van der Waals surface area contributed by atoms with E-state index in [1.807, 2.05) is 17.5 Å². The number of thiophene rings is 1. The number of H-pyrrole nitrogens is 1. The van der Waals surface area contributed by atoms with Crippen molar-refractivity contribution in [3.05, 3.63) is 45.4 Å². The van der Waals surface area contributed by atoms with Gasteiger partial charge in [-0.25, -0.2) is 0 Å². The Bertz CT molecular complexity index is 629.